The van der Waals surface area contributed by atoms with E-state index >= 15 is 0 Å². The van der Waals surface area contributed by atoms with Crippen molar-refractivity contribution in [2.24, 2.45) is 0 Å². The first kappa shape index (κ1) is 20.2. The molecule has 160 valence electrons. The smallest absolute Gasteiger partial charge is 0.234 e. The second-order valence-electron chi connectivity index (χ2n) is 8.60. The number of fused-ring (bicyclic) bond motifs is 1. The number of rotatable bonds is 5. The van der Waals surface area contributed by atoms with Crippen molar-refractivity contribution in [2.45, 2.75) is 43.6 Å². The summed E-state index contributed by atoms with van der Waals surface area (Å²) < 4.78 is 5.60. The maximum atomic E-state index is 12.7. The molecule has 0 bridgehead atoms. The third-order valence-electron chi connectivity index (χ3n) is 6.65. The lowest BCUT2D eigenvalue weighted by atomic mass is 9.88. The van der Waals surface area contributed by atoms with E-state index < -0.39 is 5.92 Å². The van der Waals surface area contributed by atoms with E-state index in [9.17, 15) is 14.4 Å². The number of benzene rings is 2. The molecule has 0 aromatic heterocycles. The van der Waals surface area contributed by atoms with Gasteiger partial charge in [0.05, 0.1) is 29.5 Å². The molecule has 2 aromatic rings. The van der Waals surface area contributed by atoms with Crippen LogP contribution in [-0.4, -0.2) is 37.0 Å². The normalized spacial score (nSPS) is 21.8. The highest BCUT2D eigenvalue weighted by Gasteiger charge is 2.46. The Labute approximate surface area is 185 Å². The lowest BCUT2D eigenvalue weighted by Crippen LogP contribution is -2.39. The Kier molecular flexibility index (Phi) is 4.87. The highest BCUT2D eigenvalue weighted by atomic mass is 35.5. The van der Waals surface area contributed by atoms with Crippen molar-refractivity contribution in [3.63, 3.8) is 0 Å². The molecule has 2 fully saturated rings. The van der Waals surface area contributed by atoms with Crippen LogP contribution in [0.2, 0.25) is 5.02 Å². The van der Waals surface area contributed by atoms with Crippen LogP contribution >= 0.6 is 11.6 Å². The summed E-state index contributed by atoms with van der Waals surface area (Å²) in [6.45, 7) is 0.584. The van der Waals surface area contributed by atoms with Gasteiger partial charge in [-0.2, -0.15) is 0 Å². The van der Waals surface area contributed by atoms with E-state index in [0.29, 0.717) is 30.8 Å². The van der Waals surface area contributed by atoms with Gasteiger partial charge >= 0.3 is 0 Å². The van der Waals surface area contributed by atoms with Crippen LogP contribution in [0.25, 0.3) is 11.1 Å². The van der Waals surface area contributed by atoms with E-state index in [1.165, 1.54) is 0 Å². The molecule has 2 heterocycles. The van der Waals surface area contributed by atoms with Crippen LogP contribution in [0.5, 0.6) is 0 Å². The second kappa shape index (κ2) is 7.46. The standard InChI is InChI=1S/C24H23ClN2O4/c1-31-24(9-10-24)13-27-19-7-5-14(11-15(19)12-21(27)29)16-3-2-4-17(22(16)25)18-6-8-20(28)26-23(18)30/h2-5,7,11,18H,6,8-10,12-13H2,1H3,(H,26,28,30). The SMILES string of the molecule is COC1(CN2C(=O)Cc3cc(-c4cccc(C5CCC(=O)NC5=O)c4Cl)ccc32)CC1. The molecule has 7 heteroatoms. The van der Waals surface area contributed by atoms with Crippen molar-refractivity contribution >= 4 is 35.0 Å². The summed E-state index contributed by atoms with van der Waals surface area (Å²) >= 11 is 6.74. The third-order valence-corrected chi connectivity index (χ3v) is 7.08. The average molecular weight is 439 g/mol. The molecule has 3 amide bonds. The number of hydrogen-bond donors (Lipinski definition) is 1. The Bertz CT molecular complexity index is 1110. The van der Waals surface area contributed by atoms with Gasteiger partial charge in [-0.1, -0.05) is 35.9 Å². The molecule has 1 atom stereocenters. The average Bonchev–Trinajstić information content (AvgIpc) is 3.46. The van der Waals surface area contributed by atoms with Gasteiger partial charge in [0, 0.05) is 24.8 Å². The quantitative estimate of drug-likeness (QED) is 0.724. The summed E-state index contributed by atoms with van der Waals surface area (Å²) in [5.41, 5.74) is 4.13. The number of ether oxygens (including phenoxy) is 1. The van der Waals surface area contributed by atoms with Gasteiger partial charge in [-0.3, -0.25) is 19.7 Å². The molecule has 1 N–H and O–H groups in total. The molecule has 1 aliphatic carbocycles. The van der Waals surface area contributed by atoms with E-state index in [0.717, 1.165) is 40.8 Å². The minimum atomic E-state index is -0.444. The zero-order valence-electron chi connectivity index (χ0n) is 17.2. The van der Waals surface area contributed by atoms with Crippen LogP contribution in [0.15, 0.2) is 36.4 Å². The number of imide groups is 1. The number of methoxy groups -OCH3 is 1. The van der Waals surface area contributed by atoms with Gasteiger partial charge in [0.15, 0.2) is 0 Å². The summed E-state index contributed by atoms with van der Waals surface area (Å²) in [4.78, 5) is 38.3. The Morgan fingerprint density at radius 3 is 2.71 bits per heavy atom. The Morgan fingerprint density at radius 2 is 2.00 bits per heavy atom. The van der Waals surface area contributed by atoms with E-state index in [1.807, 2.05) is 41.3 Å². The molecule has 0 spiro atoms. The first-order valence-corrected chi connectivity index (χ1v) is 10.9. The van der Waals surface area contributed by atoms with Gasteiger partial charge < -0.3 is 9.64 Å². The largest absolute Gasteiger partial charge is 0.376 e. The van der Waals surface area contributed by atoms with Gasteiger partial charge in [0.2, 0.25) is 17.7 Å². The molecule has 6 nitrogen and oxygen atoms in total. The molecular formula is C24H23ClN2O4. The van der Waals surface area contributed by atoms with Crippen molar-refractivity contribution < 1.29 is 19.1 Å². The molecule has 31 heavy (non-hydrogen) atoms. The number of nitrogens with one attached hydrogen (secondary N) is 1. The van der Waals surface area contributed by atoms with Crippen molar-refractivity contribution in [2.75, 3.05) is 18.6 Å². The van der Waals surface area contributed by atoms with Crippen molar-refractivity contribution in [3.8, 4) is 11.1 Å². The molecule has 1 saturated carbocycles. The fourth-order valence-electron chi connectivity index (χ4n) is 4.61. The van der Waals surface area contributed by atoms with Gasteiger partial charge in [0.25, 0.3) is 0 Å². The number of nitrogens with zero attached hydrogens (tertiary/aromatic N) is 1. The summed E-state index contributed by atoms with van der Waals surface area (Å²) in [6.07, 6.45) is 3.06. The number of hydrogen-bond acceptors (Lipinski definition) is 4. The summed E-state index contributed by atoms with van der Waals surface area (Å²) in [5, 5.41) is 2.91. The molecular weight excluding hydrogens is 416 g/mol. The van der Waals surface area contributed by atoms with Crippen LogP contribution in [0.3, 0.4) is 0 Å². The molecule has 5 rings (SSSR count). The Hall–Kier alpha value is -2.70. The maximum absolute atomic E-state index is 12.7. The predicted molar refractivity (Wildman–Crippen MR) is 117 cm³/mol. The van der Waals surface area contributed by atoms with Crippen LogP contribution in [-0.2, 0) is 25.5 Å². The molecule has 2 aromatic carbocycles. The third kappa shape index (κ3) is 3.54. The number of carbonyl (C=O) groups excluding carboxylic acids is 3. The lowest BCUT2D eigenvalue weighted by molar-refractivity contribution is -0.134. The van der Waals surface area contributed by atoms with Crippen molar-refractivity contribution in [1.82, 2.24) is 5.32 Å². The van der Waals surface area contributed by atoms with Gasteiger partial charge in [0.1, 0.15) is 0 Å². The minimum absolute atomic E-state index is 0.0823. The van der Waals surface area contributed by atoms with Gasteiger partial charge in [-0.05, 0) is 48.1 Å². The first-order valence-electron chi connectivity index (χ1n) is 10.5. The minimum Gasteiger partial charge on any atom is -0.376 e. The van der Waals surface area contributed by atoms with Crippen molar-refractivity contribution in [1.29, 1.82) is 0 Å². The highest BCUT2D eigenvalue weighted by molar-refractivity contribution is 6.34. The molecule has 3 aliphatic rings. The summed E-state index contributed by atoms with van der Waals surface area (Å²) in [5.74, 6) is -0.917. The van der Waals surface area contributed by atoms with Crippen molar-refractivity contribution in [3.05, 3.63) is 52.5 Å². The number of amides is 3. The fourth-order valence-corrected chi connectivity index (χ4v) is 4.98. The zero-order valence-corrected chi connectivity index (χ0v) is 18.0. The Balaban J connectivity index is 1.46. The Morgan fingerprint density at radius 1 is 1.19 bits per heavy atom. The number of halogens is 1. The fraction of sp³-hybridized carbons (Fsp3) is 0.375. The molecule has 1 saturated heterocycles. The highest BCUT2D eigenvalue weighted by Crippen LogP contribution is 2.44. The predicted octanol–water partition coefficient (Wildman–Crippen LogP) is 3.60. The molecule has 1 unspecified atom stereocenters. The van der Waals surface area contributed by atoms with Gasteiger partial charge in [-0.25, -0.2) is 0 Å². The van der Waals surface area contributed by atoms with Crippen LogP contribution in [0.1, 0.15) is 42.7 Å². The van der Waals surface area contributed by atoms with E-state index in [1.54, 1.807) is 7.11 Å². The molecule has 2 aliphatic heterocycles. The number of carbonyl (C=O) groups is 3. The van der Waals surface area contributed by atoms with Crippen LogP contribution < -0.4 is 10.2 Å². The van der Waals surface area contributed by atoms with E-state index in [-0.39, 0.29) is 23.3 Å². The monoisotopic (exact) mass is 438 g/mol. The van der Waals surface area contributed by atoms with E-state index in [2.05, 4.69) is 5.32 Å². The number of anilines is 1. The lowest BCUT2D eigenvalue weighted by Gasteiger charge is -2.24. The zero-order chi connectivity index (χ0) is 21.8. The summed E-state index contributed by atoms with van der Waals surface area (Å²) in [7, 11) is 1.70. The maximum Gasteiger partial charge on any atom is 0.234 e. The summed E-state index contributed by atoms with van der Waals surface area (Å²) in [6, 6.07) is 11.6. The molecule has 0 radical (unpaired) electrons. The number of piperidine rings is 1. The first-order chi connectivity index (χ1) is 14.9. The second-order valence-corrected chi connectivity index (χ2v) is 8.98. The van der Waals surface area contributed by atoms with E-state index in [4.69, 9.17) is 16.3 Å². The van der Waals surface area contributed by atoms with Crippen LogP contribution in [0, 0.1) is 0 Å². The van der Waals surface area contributed by atoms with Crippen LogP contribution in [0.4, 0.5) is 5.69 Å². The van der Waals surface area contributed by atoms with Gasteiger partial charge in [-0.15, -0.1) is 0 Å². The topological polar surface area (TPSA) is 75.7 Å².